The fraction of sp³-hybridized carbons (Fsp3) is 0.867. The normalized spacial score (nSPS) is 19.9. The maximum Gasteiger partial charge on any atom is 0.266 e. The molecule has 1 N–H and O–H groups in total. The van der Waals surface area contributed by atoms with Crippen LogP contribution in [-0.2, 0) is 0 Å². The van der Waals surface area contributed by atoms with Gasteiger partial charge in [0.1, 0.15) is 0 Å². The lowest BCUT2D eigenvalue weighted by Crippen LogP contribution is -2.32. The van der Waals surface area contributed by atoms with Crippen molar-refractivity contribution < 1.29 is 4.52 Å². The Morgan fingerprint density at radius 3 is 2.30 bits per heavy atom. The molecule has 1 fully saturated rings. The van der Waals surface area contributed by atoms with Crippen LogP contribution < -0.4 is 10.2 Å². The van der Waals surface area contributed by atoms with E-state index in [1.165, 1.54) is 25.7 Å². The van der Waals surface area contributed by atoms with E-state index >= 15 is 0 Å². The van der Waals surface area contributed by atoms with Gasteiger partial charge in [-0.15, -0.1) is 0 Å². The second-order valence-corrected chi connectivity index (χ2v) is 6.18. The molecule has 5 nitrogen and oxygen atoms in total. The molecule has 1 aliphatic rings. The lowest BCUT2D eigenvalue weighted by Gasteiger charge is -2.23. The molecular formula is C15H28N4O. The van der Waals surface area contributed by atoms with Crippen molar-refractivity contribution in [3.8, 4) is 0 Å². The monoisotopic (exact) mass is 280 g/mol. The Labute approximate surface area is 122 Å². The van der Waals surface area contributed by atoms with E-state index in [0.29, 0.717) is 12.0 Å². The van der Waals surface area contributed by atoms with Crippen LogP contribution in [0.4, 0.5) is 5.95 Å². The molecule has 20 heavy (non-hydrogen) atoms. The Bertz CT molecular complexity index is 396. The zero-order valence-electron chi connectivity index (χ0n) is 13.2. The second kappa shape index (κ2) is 7.07. The summed E-state index contributed by atoms with van der Waals surface area (Å²) in [6, 6.07) is 0.326. The highest BCUT2D eigenvalue weighted by Crippen LogP contribution is 2.28. The van der Waals surface area contributed by atoms with Crippen LogP contribution in [0.3, 0.4) is 0 Å². The number of hydrogen-bond donors (Lipinski definition) is 1. The molecule has 5 heteroatoms. The van der Waals surface area contributed by atoms with Gasteiger partial charge in [0.2, 0.25) is 5.89 Å². The van der Waals surface area contributed by atoms with Gasteiger partial charge in [-0.1, -0.05) is 26.7 Å². The van der Waals surface area contributed by atoms with E-state index in [4.69, 9.17) is 4.52 Å². The zero-order chi connectivity index (χ0) is 14.5. The summed E-state index contributed by atoms with van der Waals surface area (Å²) >= 11 is 0. The molecule has 0 bridgehead atoms. The third-order valence-corrected chi connectivity index (χ3v) is 4.32. The molecule has 2 rings (SSSR count). The molecule has 2 unspecified atom stereocenters. The highest BCUT2D eigenvalue weighted by molar-refractivity contribution is 5.28. The van der Waals surface area contributed by atoms with Gasteiger partial charge < -0.3 is 14.7 Å². The number of likely N-dealkylation sites (N-methyl/N-ethyl adjacent to an activating group) is 1. The minimum Gasteiger partial charge on any atom is -0.338 e. The summed E-state index contributed by atoms with van der Waals surface area (Å²) in [5.74, 6) is 2.26. The molecule has 1 saturated heterocycles. The van der Waals surface area contributed by atoms with E-state index in [2.05, 4.69) is 41.1 Å². The number of nitrogens with one attached hydrogen (secondary N) is 1. The van der Waals surface area contributed by atoms with Gasteiger partial charge in [0.25, 0.3) is 5.95 Å². The largest absolute Gasteiger partial charge is 0.338 e. The molecule has 0 amide bonds. The number of anilines is 1. The van der Waals surface area contributed by atoms with Crippen molar-refractivity contribution in [2.24, 2.45) is 5.92 Å². The van der Waals surface area contributed by atoms with Crippen LogP contribution in [0.2, 0.25) is 0 Å². The smallest absolute Gasteiger partial charge is 0.266 e. The summed E-state index contributed by atoms with van der Waals surface area (Å²) in [6.07, 6.45) is 5.08. The number of rotatable bonds is 5. The fourth-order valence-corrected chi connectivity index (χ4v) is 3.02. The molecule has 2 atom stereocenters. The van der Waals surface area contributed by atoms with Gasteiger partial charge in [-0.2, -0.15) is 4.98 Å². The molecule has 1 aromatic heterocycles. The number of hydrogen-bond acceptors (Lipinski definition) is 5. The van der Waals surface area contributed by atoms with Crippen LogP contribution in [0.1, 0.15) is 58.3 Å². The topological polar surface area (TPSA) is 54.2 Å². The molecule has 0 aliphatic carbocycles. The van der Waals surface area contributed by atoms with Gasteiger partial charge in [-0.3, -0.25) is 0 Å². The number of aromatic nitrogens is 2. The van der Waals surface area contributed by atoms with Crippen molar-refractivity contribution in [2.45, 2.75) is 58.4 Å². The van der Waals surface area contributed by atoms with E-state index in [1.54, 1.807) is 0 Å². The van der Waals surface area contributed by atoms with E-state index in [0.717, 1.165) is 24.9 Å². The lowest BCUT2D eigenvalue weighted by atomic mass is 9.89. The van der Waals surface area contributed by atoms with Crippen LogP contribution in [0.15, 0.2) is 4.52 Å². The first-order valence-corrected chi connectivity index (χ1v) is 7.89. The van der Waals surface area contributed by atoms with Crippen molar-refractivity contribution in [1.29, 1.82) is 0 Å². The van der Waals surface area contributed by atoms with Crippen LogP contribution in [0.5, 0.6) is 0 Å². The molecule has 114 valence electrons. The standard InChI is InChI=1S/C15H28N4O/c1-11(2)13(12(3)16-4)14-17-15(18-20-14)19-9-7-5-6-8-10-19/h11-13,16H,5-10H2,1-4H3. The Morgan fingerprint density at radius 1 is 1.10 bits per heavy atom. The third-order valence-electron chi connectivity index (χ3n) is 4.32. The Balaban J connectivity index is 2.13. The average Bonchev–Trinajstić information content (AvgIpc) is 2.73. The van der Waals surface area contributed by atoms with E-state index < -0.39 is 0 Å². The van der Waals surface area contributed by atoms with Crippen LogP contribution in [0, 0.1) is 5.92 Å². The maximum absolute atomic E-state index is 5.56. The predicted octanol–water partition coefficient (Wildman–Crippen LogP) is 2.80. The number of nitrogens with zero attached hydrogens (tertiary/aromatic N) is 3. The summed E-state index contributed by atoms with van der Waals surface area (Å²) < 4.78 is 5.56. The van der Waals surface area contributed by atoms with Crippen molar-refractivity contribution in [3.05, 3.63) is 5.89 Å². The quantitative estimate of drug-likeness (QED) is 0.899. The lowest BCUT2D eigenvalue weighted by molar-refractivity contribution is 0.285. The zero-order valence-corrected chi connectivity index (χ0v) is 13.2. The van der Waals surface area contributed by atoms with E-state index in [9.17, 15) is 0 Å². The molecular weight excluding hydrogens is 252 g/mol. The van der Waals surface area contributed by atoms with Crippen molar-refractivity contribution in [2.75, 3.05) is 25.0 Å². The van der Waals surface area contributed by atoms with Gasteiger partial charge >= 0.3 is 0 Å². The average molecular weight is 280 g/mol. The second-order valence-electron chi connectivity index (χ2n) is 6.18. The van der Waals surface area contributed by atoms with Crippen LogP contribution in [-0.4, -0.2) is 36.3 Å². The van der Waals surface area contributed by atoms with Gasteiger partial charge in [-0.05, 0) is 37.9 Å². The molecule has 1 aromatic rings. The molecule has 0 spiro atoms. The molecule has 0 saturated carbocycles. The summed E-state index contributed by atoms with van der Waals surface area (Å²) in [5.41, 5.74) is 0. The first-order valence-electron chi connectivity index (χ1n) is 7.89. The summed E-state index contributed by atoms with van der Waals surface area (Å²) in [6.45, 7) is 8.67. The molecule has 1 aliphatic heterocycles. The first-order chi connectivity index (χ1) is 9.63. The van der Waals surface area contributed by atoms with Crippen LogP contribution in [0.25, 0.3) is 0 Å². The van der Waals surface area contributed by atoms with E-state index in [1.807, 2.05) is 7.05 Å². The van der Waals surface area contributed by atoms with E-state index in [-0.39, 0.29) is 5.92 Å². The maximum atomic E-state index is 5.56. The van der Waals surface area contributed by atoms with Gasteiger partial charge in [0.15, 0.2) is 0 Å². The molecule has 2 heterocycles. The van der Waals surface area contributed by atoms with Gasteiger partial charge in [-0.25, -0.2) is 0 Å². The third kappa shape index (κ3) is 3.51. The van der Waals surface area contributed by atoms with Crippen molar-refractivity contribution >= 4 is 5.95 Å². The summed E-state index contributed by atoms with van der Waals surface area (Å²) in [5, 5.41) is 7.52. The Morgan fingerprint density at radius 2 is 1.75 bits per heavy atom. The minimum absolute atomic E-state index is 0.258. The minimum atomic E-state index is 0.258. The van der Waals surface area contributed by atoms with Crippen molar-refractivity contribution in [1.82, 2.24) is 15.5 Å². The summed E-state index contributed by atoms with van der Waals surface area (Å²) in [7, 11) is 1.98. The predicted molar refractivity (Wildman–Crippen MR) is 81.1 cm³/mol. The Kier molecular flexibility index (Phi) is 5.40. The highest BCUT2D eigenvalue weighted by Gasteiger charge is 2.28. The SMILES string of the molecule is CNC(C)C(c1nc(N2CCCCCC2)no1)C(C)C. The van der Waals surface area contributed by atoms with Gasteiger partial charge in [0.05, 0.1) is 5.92 Å². The highest BCUT2D eigenvalue weighted by atomic mass is 16.5. The fourth-order valence-electron chi connectivity index (χ4n) is 3.02. The van der Waals surface area contributed by atoms with Gasteiger partial charge in [0, 0.05) is 19.1 Å². The summed E-state index contributed by atoms with van der Waals surface area (Å²) in [4.78, 5) is 6.94. The first kappa shape index (κ1) is 15.3. The molecule has 0 aromatic carbocycles. The molecule has 0 radical (unpaired) electrons. The Hall–Kier alpha value is -1.10. The van der Waals surface area contributed by atoms with Crippen LogP contribution >= 0.6 is 0 Å². The van der Waals surface area contributed by atoms with Crippen molar-refractivity contribution in [3.63, 3.8) is 0 Å².